The Morgan fingerprint density at radius 1 is 1.18 bits per heavy atom. The van der Waals surface area contributed by atoms with E-state index in [1.165, 1.54) is 18.6 Å². The van der Waals surface area contributed by atoms with E-state index in [-0.39, 0.29) is 29.0 Å². The third kappa shape index (κ3) is 2.70. The number of carbonyl (C=O) groups excluding carboxylic acids is 1. The zero-order valence-electron chi connectivity index (χ0n) is 9.65. The fraction of sp³-hybridized carbons (Fsp3) is 0.462. The van der Waals surface area contributed by atoms with Crippen molar-refractivity contribution >= 4 is 5.91 Å². The third-order valence-corrected chi connectivity index (χ3v) is 3.20. The number of benzene rings is 1. The summed E-state index contributed by atoms with van der Waals surface area (Å²) in [4.78, 5) is 11.9. The zero-order valence-corrected chi connectivity index (χ0v) is 9.65. The summed E-state index contributed by atoms with van der Waals surface area (Å²) >= 11 is 0. The minimum atomic E-state index is -0.346. The Balaban J connectivity index is 2.06. The van der Waals surface area contributed by atoms with Crippen LogP contribution in [0.15, 0.2) is 18.2 Å². The van der Waals surface area contributed by atoms with Crippen LogP contribution in [0.4, 0.5) is 0 Å². The molecule has 92 valence electrons. The second-order valence-electron chi connectivity index (χ2n) is 4.48. The number of rotatable bonds is 2. The number of carbonyl (C=O) groups is 1. The molecular weight excluding hydrogens is 218 g/mol. The van der Waals surface area contributed by atoms with Crippen molar-refractivity contribution in [3.05, 3.63) is 23.8 Å². The lowest BCUT2D eigenvalue weighted by Crippen LogP contribution is -2.36. The normalized spacial score (nSPS) is 16.7. The maximum atomic E-state index is 11.9. The molecule has 0 saturated heterocycles. The van der Waals surface area contributed by atoms with Gasteiger partial charge in [0.2, 0.25) is 0 Å². The molecule has 1 aromatic carbocycles. The van der Waals surface area contributed by atoms with E-state index in [1.54, 1.807) is 6.07 Å². The smallest absolute Gasteiger partial charge is 0.255 e. The standard InChI is InChI=1S/C13H17NO3/c15-11-8-4-7-10(12(11)16)13(17)14-9-5-2-1-3-6-9/h4,7-9,15-16H,1-3,5-6H2,(H,14,17). The first kappa shape index (κ1) is 11.8. The quantitative estimate of drug-likeness (QED) is 0.688. The van der Waals surface area contributed by atoms with Crippen molar-refractivity contribution in [1.29, 1.82) is 0 Å². The molecule has 1 aliphatic rings. The van der Waals surface area contributed by atoms with Gasteiger partial charge >= 0.3 is 0 Å². The fourth-order valence-corrected chi connectivity index (χ4v) is 2.22. The minimum Gasteiger partial charge on any atom is -0.504 e. The van der Waals surface area contributed by atoms with Crippen LogP contribution < -0.4 is 5.32 Å². The van der Waals surface area contributed by atoms with E-state index in [0.29, 0.717) is 0 Å². The van der Waals surface area contributed by atoms with E-state index in [0.717, 1.165) is 25.7 Å². The van der Waals surface area contributed by atoms with Crippen molar-refractivity contribution in [2.45, 2.75) is 38.1 Å². The summed E-state index contributed by atoms with van der Waals surface area (Å²) in [5, 5.41) is 21.8. The molecule has 4 heteroatoms. The van der Waals surface area contributed by atoms with Gasteiger partial charge in [-0.3, -0.25) is 4.79 Å². The van der Waals surface area contributed by atoms with Gasteiger partial charge in [-0.15, -0.1) is 0 Å². The lowest BCUT2D eigenvalue weighted by Gasteiger charge is -2.22. The topological polar surface area (TPSA) is 69.6 Å². The van der Waals surface area contributed by atoms with Crippen LogP contribution in [-0.4, -0.2) is 22.2 Å². The molecule has 0 radical (unpaired) electrons. The van der Waals surface area contributed by atoms with Crippen LogP contribution in [0.1, 0.15) is 42.5 Å². The molecule has 0 aliphatic heterocycles. The summed E-state index contributed by atoms with van der Waals surface area (Å²) in [5.41, 5.74) is 0.135. The molecule has 1 amide bonds. The number of hydrogen-bond donors (Lipinski definition) is 3. The van der Waals surface area contributed by atoms with Crippen molar-refractivity contribution in [2.75, 3.05) is 0 Å². The van der Waals surface area contributed by atoms with Gasteiger partial charge in [-0.25, -0.2) is 0 Å². The van der Waals surface area contributed by atoms with Crippen molar-refractivity contribution < 1.29 is 15.0 Å². The van der Waals surface area contributed by atoms with Gasteiger partial charge in [-0.2, -0.15) is 0 Å². The zero-order chi connectivity index (χ0) is 12.3. The number of para-hydroxylation sites is 1. The first-order valence-electron chi connectivity index (χ1n) is 6.00. The maximum absolute atomic E-state index is 11.9. The molecule has 1 aliphatic carbocycles. The highest BCUT2D eigenvalue weighted by molar-refractivity contribution is 5.97. The largest absolute Gasteiger partial charge is 0.504 e. The van der Waals surface area contributed by atoms with Crippen LogP contribution in [0.5, 0.6) is 11.5 Å². The highest BCUT2D eigenvalue weighted by Crippen LogP contribution is 2.28. The van der Waals surface area contributed by atoms with E-state index < -0.39 is 0 Å². The van der Waals surface area contributed by atoms with Gasteiger partial charge in [-0.1, -0.05) is 25.3 Å². The Kier molecular flexibility index (Phi) is 3.52. The number of aromatic hydroxyl groups is 2. The molecule has 2 rings (SSSR count). The summed E-state index contributed by atoms with van der Waals surface area (Å²) in [6.45, 7) is 0. The first-order chi connectivity index (χ1) is 8.18. The summed E-state index contributed by atoms with van der Waals surface area (Å²) in [6.07, 6.45) is 5.48. The minimum absolute atomic E-state index is 0.135. The Hall–Kier alpha value is -1.71. The van der Waals surface area contributed by atoms with Crippen LogP contribution in [0.3, 0.4) is 0 Å². The Bertz CT molecular complexity index is 411. The van der Waals surface area contributed by atoms with Crippen molar-refractivity contribution in [1.82, 2.24) is 5.32 Å². The highest BCUT2D eigenvalue weighted by atomic mass is 16.3. The van der Waals surface area contributed by atoms with Gasteiger partial charge in [-0.05, 0) is 25.0 Å². The van der Waals surface area contributed by atoms with Crippen molar-refractivity contribution in [2.24, 2.45) is 0 Å². The second-order valence-corrected chi connectivity index (χ2v) is 4.48. The van der Waals surface area contributed by atoms with Crippen LogP contribution in [0.2, 0.25) is 0 Å². The van der Waals surface area contributed by atoms with Crippen LogP contribution in [-0.2, 0) is 0 Å². The maximum Gasteiger partial charge on any atom is 0.255 e. The summed E-state index contributed by atoms with van der Waals surface area (Å²) in [5.74, 6) is -0.924. The molecule has 0 unspecified atom stereocenters. The SMILES string of the molecule is O=C(NC1CCCCC1)c1cccc(O)c1O. The van der Waals surface area contributed by atoms with Gasteiger partial charge in [0.25, 0.3) is 5.91 Å². The summed E-state index contributed by atoms with van der Waals surface area (Å²) in [7, 11) is 0. The van der Waals surface area contributed by atoms with Crippen molar-refractivity contribution in [3.8, 4) is 11.5 Å². The number of amides is 1. The van der Waals surface area contributed by atoms with Gasteiger partial charge in [0, 0.05) is 6.04 Å². The van der Waals surface area contributed by atoms with E-state index >= 15 is 0 Å². The lowest BCUT2D eigenvalue weighted by molar-refractivity contribution is 0.0924. The van der Waals surface area contributed by atoms with Gasteiger partial charge in [0.1, 0.15) is 0 Å². The molecule has 3 N–H and O–H groups in total. The molecule has 0 bridgehead atoms. The fourth-order valence-electron chi connectivity index (χ4n) is 2.22. The molecular formula is C13H17NO3. The summed E-state index contributed by atoms with van der Waals surface area (Å²) < 4.78 is 0. The monoisotopic (exact) mass is 235 g/mol. The first-order valence-corrected chi connectivity index (χ1v) is 6.00. The molecule has 1 aromatic rings. The Morgan fingerprint density at radius 3 is 2.59 bits per heavy atom. The third-order valence-electron chi connectivity index (χ3n) is 3.20. The molecule has 0 heterocycles. The average molecular weight is 235 g/mol. The molecule has 1 saturated carbocycles. The van der Waals surface area contributed by atoms with Gasteiger partial charge in [0.15, 0.2) is 11.5 Å². The average Bonchev–Trinajstić information content (AvgIpc) is 2.34. The van der Waals surface area contributed by atoms with E-state index in [9.17, 15) is 15.0 Å². The Morgan fingerprint density at radius 2 is 1.88 bits per heavy atom. The molecule has 17 heavy (non-hydrogen) atoms. The number of nitrogens with one attached hydrogen (secondary N) is 1. The number of phenols is 2. The van der Waals surface area contributed by atoms with Gasteiger partial charge in [0.05, 0.1) is 5.56 Å². The van der Waals surface area contributed by atoms with Crippen LogP contribution in [0, 0.1) is 0 Å². The predicted molar refractivity (Wildman–Crippen MR) is 64.1 cm³/mol. The molecule has 1 fully saturated rings. The molecule has 0 aromatic heterocycles. The molecule has 0 spiro atoms. The Labute approximate surface area is 100 Å². The predicted octanol–water partition coefficient (Wildman–Crippen LogP) is 2.16. The molecule has 4 nitrogen and oxygen atoms in total. The van der Waals surface area contributed by atoms with Gasteiger partial charge < -0.3 is 15.5 Å². The van der Waals surface area contributed by atoms with E-state index in [4.69, 9.17) is 0 Å². The highest BCUT2D eigenvalue weighted by Gasteiger charge is 2.19. The summed E-state index contributed by atoms with van der Waals surface area (Å²) in [6, 6.07) is 4.60. The van der Waals surface area contributed by atoms with Crippen LogP contribution >= 0.6 is 0 Å². The number of phenolic OH excluding ortho intramolecular Hbond substituents is 2. The lowest BCUT2D eigenvalue weighted by atomic mass is 9.95. The van der Waals surface area contributed by atoms with Crippen molar-refractivity contribution in [3.63, 3.8) is 0 Å². The second kappa shape index (κ2) is 5.08. The van der Waals surface area contributed by atoms with Crippen LogP contribution in [0.25, 0.3) is 0 Å². The number of hydrogen-bond acceptors (Lipinski definition) is 3. The molecule has 0 atom stereocenters. The van der Waals surface area contributed by atoms with E-state index in [1.807, 2.05) is 0 Å². The van der Waals surface area contributed by atoms with E-state index in [2.05, 4.69) is 5.32 Å².